The predicted octanol–water partition coefficient (Wildman–Crippen LogP) is 1.30. The highest BCUT2D eigenvalue weighted by atomic mass is 15.3. The molecule has 2 heterocycles. The molecule has 5 nitrogen and oxygen atoms in total. The fourth-order valence-electron chi connectivity index (χ4n) is 2.54. The Kier molecular flexibility index (Phi) is 4.11. The molecule has 5 heteroatoms. The third kappa shape index (κ3) is 2.59. The Hall–Kier alpha value is -1.67. The molecule has 2 rings (SSSR count). The summed E-state index contributed by atoms with van der Waals surface area (Å²) in [5.74, 6) is 1.38. The topological polar surface area (TPSA) is 78.8 Å². The fraction of sp³-hybridized carbons (Fsp3) is 0.615. The van der Waals surface area contributed by atoms with Gasteiger partial charge in [-0.05, 0) is 24.8 Å². The number of rotatable bonds is 3. The van der Waals surface area contributed by atoms with Crippen LogP contribution < -0.4 is 10.6 Å². The number of aromatic nitrogens is 2. The van der Waals surface area contributed by atoms with Crippen LogP contribution in [0.2, 0.25) is 0 Å². The Labute approximate surface area is 108 Å². The lowest BCUT2D eigenvalue weighted by molar-refractivity contribution is 0.332. The molecule has 0 aliphatic carbocycles. The van der Waals surface area contributed by atoms with Crippen molar-refractivity contribution in [3.05, 3.63) is 18.0 Å². The van der Waals surface area contributed by atoms with E-state index in [-0.39, 0.29) is 6.04 Å². The summed E-state index contributed by atoms with van der Waals surface area (Å²) in [6.07, 6.45) is 5.07. The molecule has 1 aliphatic rings. The third-order valence-electron chi connectivity index (χ3n) is 3.69. The van der Waals surface area contributed by atoms with E-state index < -0.39 is 0 Å². The molecule has 0 radical (unpaired) electrons. The van der Waals surface area contributed by atoms with Crippen LogP contribution >= 0.6 is 0 Å². The summed E-state index contributed by atoms with van der Waals surface area (Å²) in [7, 11) is 0. The standard InChI is InChI=1S/C13H19N5/c1-2-10-4-6-18(12(7-10)9-15)13-16-5-3-11(8-14)17-13/h3,5,10,12H,2,4,6-7,9,15H2,1H3. The molecule has 96 valence electrons. The molecule has 0 spiro atoms. The highest BCUT2D eigenvalue weighted by Crippen LogP contribution is 2.27. The number of piperidine rings is 1. The van der Waals surface area contributed by atoms with Crippen LogP contribution in [0.15, 0.2) is 12.3 Å². The molecule has 0 saturated carbocycles. The van der Waals surface area contributed by atoms with Gasteiger partial charge < -0.3 is 10.6 Å². The number of hydrogen-bond donors (Lipinski definition) is 1. The molecule has 18 heavy (non-hydrogen) atoms. The highest BCUT2D eigenvalue weighted by Gasteiger charge is 2.28. The summed E-state index contributed by atoms with van der Waals surface area (Å²) in [6, 6.07) is 3.96. The van der Waals surface area contributed by atoms with E-state index in [0.717, 1.165) is 25.3 Å². The fourth-order valence-corrected chi connectivity index (χ4v) is 2.54. The summed E-state index contributed by atoms with van der Waals surface area (Å²) in [5.41, 5.74) is 6.27. The minimum atomic E-state index is 0.289. The van der Waals surface area contributed by atoms with Gasteiger partial charge in [-0.25, -0.2) is 9.97 Å². The van der Waals surface area contributed by atoms with E-state index in [4.69, 9.17) is 11.0 Å². The van der Waals surface area contributed by atoms with Gasteiger partial charge in [0.05, 0.1) is 0 Å². The molecule has 1 fully saturated rings. The molecule has 1 aromatic heterocycles. The van der Waals surface area contributed by atoms with Crippen LogP contribution in [0.3, 0.4) is 0 Å². The molecular weight excluding hydrogens is 226 g/mol. The monoisotopic (exact) mass is 245 g/mol. The van der Waals surface area contributed by atoms with Gasteiger partial charge in [-0.3, -0.25) is 0 Å². The molecule has 1 aliphatic heterocycles. The summed E-state index contributed by atoms with van der Waals surface area (Å²) < 4.78 is 0. The minimum absolute atomic E-state index is 0.289. The van der Waals surface area contributed by atoms with Crippen molar-refractivity contribution in [1.29, 1.82) is 5.26 Å². The lowest BCUT2D eigenvalue weighted by Gasteiger charge is -2.38. The van der Waals surface area contributed by atoms with Crippen LogP contribution in [0.1, 0.15) is 31.9 Å². The molecule has 2 N–H and O–H groups in total. The Morgan fingerprint density at radius 1 is 1.61 bits per heavy atom. The number of hydrogen-bond acceptors (Lipinski definition) is 5. The molecule has 0 aromatic carbocycles. The van der Waals surface area contributed by atoms with Gasteiger partial charge >= 0.3 is 0 Å². The van der Waals surface area contributed by atoms with Gasteiger partial charge in [-0.2, -0.15) is 5.26 Å². The lowest BCUT2D eigenvalue weighted by Crippen LogP contribution is -2.47. The van der Waals surface area contributed by atoms with Crippen molar-refractivity contribution in [3.8, 4) is 6.07 Å². The van der Waals surface area contributed by atoms with Crippen LogP contribution in [-0.2, 0) is 0 Å². The largest absolute Gasteiger partial charge is 0.337 e. The van der Waals surface area contributed by atoms with Gasteiger partial charge in [-0.15, -0.1) is 0 Å². The summed E-state index contributed by atoms with van der Waals surface area (Å²) in [4.78, 5) is 10.7. The van der Waals surface area contributed by atoms with Crippen molar-refractivity contribution in [2.24, 2.45) is 11.7 Å². The van der Waals surface area contributed by atoms with Crippen molar-refractivity contribution in [2.75, 3.05) is 18.0 Å². The normalized spacial score (nSPS) is 23.7. The van der Waals surface area contributed by atoms with E-state index in [0.29, 0.717) is 18.2 Å². The Bertz CT molecular complexity index is 439. The Morgan fingerprint density at radius 2 is 2.44 bits per heavy atom. The zero-order valence-corrected chi connectivity index (χ0v) is 10.7. The maximum absolute atomic E-state index is 8.88. The second-order valence-electron chi connectivity index (χ2n) is 4.74. The number of anilines is 1. The molecule has 0 bridgehead atoms. The average molecular weight is 245 g/mol. The average Bonchev–Trinajstić information content (AvgIpc) is 2.46. The Morgan fingerprint density at radius 3 is 3.11 bits per heavy atom. The predicted molar refractivity (Wildman–Crippen MR) is 70.0 cm³/mol. The lowest BCUT2D eigenvalue weighted by atomic mass is 9.89. The second-order valence-corrected chi connectivity index (χ2v) is 4.74. The Balaban J connectivity index is 2.18. The number of nitriles is 1. The summed E-state index contributed by atoms with van der Waals surface area (Å²) >= 11 is 0. The van der Waals surface area contributed by atoms with E-state index in [1.54, 1.807) is 12.3 Å². The SMILES string of the molecule is CCC1CCN(c2nccc(C#N)n2)C(CN)C1. The van der Waals surface area contributed by atoms with Crippen molar-refractivity contribution in [3.63, 3.8) is 0 Å². The maximum Gasteiger partial charge on any atom is 0.226 e. The van der Waals surface area contributed by atoms with E-state index in [2.05, 4.69) is 27.9 Å². The quantitative estimate of drug-likeness (QED) is 0.868. The maximum atomic E-state index is 8.88. The van der Waals surface area contributed by atoms with E-state index in [9.17, 15) is 0 Å². The third-order valence-corrected chi connectivity index (χ3v) is 3.69. The minimum Gasteiger partial charge on any atom is -0.337 e. The smallest absolute Gasteiger partial charge is 0.226 e. The van der Waals surface area contributed by atoms with Crippen LogP contribution in [0.5, 0.6) is 0 Å². The van der Waals surface area contributed by atoms with Gasteiger partial charge in [0.1, 0.15) is 11.8 Å². The van der Waals surface area contributed by atoms with Gasteiger partial charge in [0.2, 0.25) is 5.95 Å². The van der Waals surface area contributed by atoms with Crippen molar-refractivity contribution in [2.45, 2.75) is 32.2 Å². The number of nitrogens with zero attached hydrogens (tertiary/aromatic N) is 4. The first-order valence-electron chi connectivity index (χ1n) is 6.48. The summed E-state index contributed by atoms with van der Waals surface area (Å²) in [5, 5.41) is 8.88. The van der Waals surface area contributed by atoms with E-state index >= 15 is 0 Å². The molecule has 1 saturated heterocycles. The molecular formula is C13H19N5. The summed E-state index contributed by atoms with van der Waals surface area (Å²) in [6.45, 7) is 3.76. The second kappa shape index (κ2) is 5.78. The van der Waals surface area contributed by atoms with Crippen LogP contribution in [-0.4, -0.2) is 29.1 Å². The first-order valence-corrected chi connectivity index (χ1v) is 6.48. The van der Waals surface area contributed by atoms with Crippen LogP contribution in [0.4, 0.5) is 5.95 Å². The molecule has 0 amide bonds. The molecule has 1 aromatic rings. The van der Waals surface area contributed by atoms with Gasteiger partial charge in [0.15, 0.2) is 0 Å². The zero-order chi connectivity index (χ0) is 13.0. The van der Waals surface area contributed by atoms with Crippen LogP contribution in [0.25, 0.3) is 0 Å². The van der Waals surface area contributed by atoms with Gasteiger partial charge in [0.25, 0.3) is 0 Å². The highest BCUT2D eigenvalue weighted by molar-refractivity contribution is 5.35. The zero-order valence-electron chi connectivity index (χ0n) is 10.7. The van der Waals surface area contributed by atoms with Crippen molar-refractivity contribution in [1.82, 2.24) is 9.97 Å². The first kappa shape index (κ1) is 12.8. The van der Waals surface area contributed by atoms with Crippen molar-refractivity contribution < 1.29 is 0 Å². The molecule has 2 unspecified atom stereocenters. The van der Waals surface area contributed by atoms with E-state index in [1.165, 1.54) is 6.42 Å². The van der Waals surface area contributed by atoms with Crippen LogP contribution in [0, 0.1) is 17.2 Å². The first-order chi connectivity index (χ1) is 8.78. The van der Waals surface area contributed by atoms with Gasteiger partial charge in [0, 0.05) is 25.3 Å². The van der Waals surface area contributed by atoms with Crippen molar-refractivity contribution >= 4 is 5.95 Å². The molecule has 2 atom stereocenters. The van der Waals surface area contributed by atoms with E-state index in [1.807, 2.05) is 0 Å². The number of nitrogens with two attached hydrogens (primary N) is 1. The van der Waals surface area contributed by atoms with Gasteiger partial charge in [-0.1, -0.05) is 13.3 Å².